The molecule has 0 aliphatic carbocycles. The van der Waals surface area contributed by atoms with E-state index < -0.39 is 20.9 Å². The topological polar surface area (TPSA) is 99.9 Å². The Bertz CT molecular complexity index is 819. The van der Waals surface area contributed by atoms with Gasteiger partial charge in [-0.2, -0.15) is 0 Å². The third-order valence-electron chi connectivity index (χ3n) is 2.88. The van der Waals surface area contributed by atoms with Crippen molar-refractivity contribution in [3.05, 3.63) is 32.7 Å². The van der Waals surface area contributed by atoms with Crippen molar-refractivity contribution in [3.8, 4) is 0 Å². The normalized spacial score (nSPS) is 13.6. The van der Waals surface area contributed by atoms with Gasteiger partial charge in [-0.25, -0.2) is 13.2 Å². The minimum absolute atomic E-state index is 0.223. The first-order valence-corrected chi connectivity index (χ1v) is 8.09. The van der Waals surface area contributed by atoms with E-state index in [1.807, 2.05) is 0 Å². The number of ketones is 1. The number of H-pyrrole nitrogens is 2. The largest absolute Gasteiger partial charge is 0.323 e. The number of aromatic amines is 2. The second kappa shape index (κ2) is 4.61. The Morgan fingerprint density at radius 1 is 1.26 bits per heavy atom. The van der Waals surface area contributed by atoms with Gasteiger partial charge in [0.25, 0.3) is 0 Å². The van der Waals surface area contributed by atoms with E-state index in [1.165, 1.54) is 13.0 Å². The number of benzene rings is 1. The first-order chi connectivity index (χ1) is 8.70. The van der Waals surface area contributed by atoms with E-state index in [4.69, 9.17) is 0 Å². The summed E-state index contributed by atoms with van der Waals surface area (Å²) in [4.78, 5) is 28.4. The predicted octanol–water partition coefficient (Wildman–Crippen LogP) is 1.23. The number of nitrogens with one attached hydrogen (secondary N) is 2. The highest BCUT2D eigenvalue weighted by Gasteiger charge is 2.26. The predicted molar refractivity (Wildman–Crippen MR) is 75.3 cm³/mol. The first kappa shape index (κ1) is 14.0. The molecular formula is C11H11BrN2O4S. The summed E-state index contributed by atoms with van der Waals surface area (Å²) in [7, 11) is -3.47. The molecule has 1 atom stereocenters. The molecule has 1 heterocycles. The molecule has 0 amide bonds. The van der Waals surface area contributed by atoms with Crippen LogP contribution in [0.25, 0.3) is 11.0 Å². The monoisotopic (exact) mass is 346 g/mol. The maximum absolute atomic E-state index is 12.2. The molecule has 102 valence electrons. The fraction of sp³-hybridized carbons (Fsp3) is 0.273. The average molecular weight is 347 g/mol. The quantitative estimate of drug-likeness (QED) is 0.816. The maximum Gasteiger partial charge on any atom is 0.323 e. The van der Waals surface area contributed by atoms with Gasteiger partial charge in [-0.3, -0.25) is 4.79 Å². The zero-order chi connectivity index (χ0) is 14.4. The van der Waals surface area contributed by atoms with Crippen molar-refractivity contribution in [2.75, 3.05) is 6.26 Å². The lowest BCUT2D eigenvalue weighted by molar-refractivity contribution is 0.0991. The van der Waals surface area contributed by atoms with Gasteiger partial charge in [0.05, 0.1) is 11.0 Å². The number of halogens is 1. The Balaban J connectivity index is 2.59. The Hall–Kier alpha value is -1.41. The van der Waals surface area contributed by atoms with Crippen LogP contribution in [-0.4, -0.2) is 35.7 Å². The molecule has 0 saturated carbocycles. The molecule has 8 heteroatoms. The van der Waals surface area contributed by atoms with Crippen LogP contribution in [0.5, 0.6) is 0 Å². The van der Waals surface area contributed by atoms with E-state index in [-0.39, 0.29) is 11.3 Å². The van der Waals surface area contributed by atoms with E-state index >= 15 is 0 Å². The van der Waals surface area contributed by atoms with Crippen molar-refractivity contribution in [1.82, 2.24) is 9.97 Å². The fourth-order valence-corrected chi connectivity index (χ4v) is 2.71. The maximum atomic E-state index is 12.2. The van der Waals surface area contributed by atoms with Crippen LogP contribution in [0.1, 0.15) is 17.3 Å². The summed E-state index contributed by atoms with van der Waals surface area (Å²) in [5.41, 5.74) is 0.834. The van der Waals surface area contributed by atoms with Crippen LogP contribution in [-0.2, 0) is 9.84 Å². The number of rotatable bonds is 3. The number of Topliss-reactive ketones (excluding diaryl/α,β-unsaturated/α-hetero) is 1. The van der Waals surface area contributed by atoms with Crippen LogP contribution < -0.4 is 5.69 Å². The first-order valence-electron chi connectivity index (χ1n) is 5.35. The van der Waals surface area contributed by atoms with Gasteiger partial charge in [-0.05, 0) is 35.0 Å². The van der Waals surface area contributed by atoms with E-state index in [2.05, 4.69) is 25.9 Å². The summed E-state index contributed by atoms with van der Waals surface area (Å²) in [5.74, 6) is -0.515. The van der Waals surface area contributed by atoms with Crippen molar-refractivity contribution in [2.24, 2.45) is 0 Å². The molecule has 0 aliphatic heterocycles. The second-order valence-corrected chi connectivity index (χ2v) is 7.51. The van der Waals surface area contributed by atoms with Gasteiger partial charge in [0.2, 0.25) is 0 Å². The number of carbonyl (C=O) groups is 1. The third-order valence-corrected chi connectivity index (χ3v) is 5.04. The molecule has 0 saturated heterocycles. The second-order valence-electron chi connectivity index (χ2n) is 4.29. The molecule has 0 spiro atoms. The Labute approximate surface area is 117 Å². The number of sulfone groups is 1. The van der Waals surface area contributed by atoms with Gasteiger partial charge in [0, 0.05) is 16.3 Å². The van der Waals surface area contributed by atoms with E-state index in [0.717, 1.165) is 6.26 Å². The van der Waals surface area contributed by atoms with Crippen molar-refractivity contribution in [3.63, 3.8) is 0 Å². The molecule has 19 heavy (non-hydrogen) atoms. The van der Waals surface area contributed by atoms with Gasteiger partial charge < -0.3 is 9.97 Å². The number of aromatic nitrogens is 2. The average Bonchev–Trinajstić information content (AvgIpc) is 2.64. The summed E-state index contributed by atoms with van der Waals surface area (Å²) in [6.07, 6.45) is 1.01. The highest BCUT2D eigenvalue weighted by molar-refractivity contribution is 9.10. The molecule has 0 aliphatic rings. The van der Waals surface area contributed by atoms with Gasteiger partial charge >= 0.3 is 5.69 Å². The highest BCUT2D eigenvalue weighted by Crippen LogP contribution is 2.24. The molecular weight excluding hydrogens is 336 g/mol. The van der Waals surface area contributed by atoms with Crippen molar-refractivity contribution in [2.45, 2.75) is 12.2 Å². The molecule has 2 rings (SSSR count). The lowest BCUT2D eigenvalue weighted by Gasteiger charge is -2.09. The Morgan fingerprint density at radius 3 is 2.32 bits per heavy atom. The summed E-state index contributed by atoms with van der Waals surface area (Å²) in [6.45, 7) is 1.34. The highest BCUT2D eigenvalue weighted by atomic mass is 79.9. The van der Waals surface area contributed by atoms with Crippen LogP contribution >= 0.6 is 15.9 Å². The molecule has 0 radical (unpaired) electrons. The molecule has 2 N–H and O–H groups in total. The Kier molecular flexibility index (Phi) is 3.40. The van der Waals surface area contributed by atoms with Gasteiger partial charge in [0.1, 0.15) is 5.25 Å². The number of imidazole rings is 1. The van der Waals surface area contributed by atoms with Gasteiger partial charge in [0.15, 0.2) is 15.6 Å². The number of hydrogen-bond acceptors (Lipinski definition) is 4. The standard InChI is InChI=1S/C11H11BrN2O4S/c1-5(19(2,17)18)10(15)6-3-8-9(4-7(6)12)14-11(16)13-8/h3-5H,1-2H3,(H2,13,14,16). The minimum atomic E-state index is -3.47. The van der Waals surface area contributed by atoms with Crippen molar-refractivity contribution in [1.29, 1.82) is 0 Å². The molecule has 0 bridgehead atoms. The van der Waals surface area contributed by atoms with E-state index in [0.29, 0.717) is 15.5 Å². The summed E-state index contributed by atoms with van der Waals surface area (Å²) in [5, 5.41) is -1.13. The van der Waals surface area contributed by atoms with Crippen LogP contribution in [0, 0.1) is 0 Å². The zero-order valence-electron chi connectivity index (χ0n) is 10.2. The molecule has 1 aromatic heterocycles. The molecule has 6 nitrogen and oxygen atoms in total. The van der Waals surface area contributed by atoms with Gasteiger partial charge in [-0.15, -0.1) is 0 Å². The summed E-state index contributed by atoms with van der Waals surface area (Å²) in [6, 6.07) is 3.02. The molecule has 2 aromatic rings. The van der Waals surface area contributed by atoms with Crippen LogP contribution in [0.4, 0.5) is 0 Å². The third kappa shape index (κ3) is 2.64. The smallest absolute Gasteiger partial charge is 0.306 e. The zero-order valence-corrected chi connectivity index (χ0v) is 12.6. The van der Waals surface area contributed by atoms with Gasteiger partial charge in [-0.1, -0.05) is 0 Å². The number of hydrogen-bond donors (Lipinski definition) is 2. The van der Waals surface area contributed by atoms with Crippen LogP contribution in [0.3, 0.4) is 0 Å². The Morgan fingerprint density at radius 2 is 1.79 bits per heavy atom. The van der Waals surface area contributed by atoms with Crippen molar-refractivity contribution < 1.29 is 13.2 Å². The van der Waals surface area contributed by atoms with Crippen LogP contribution in [0.2, 0.25) is 0 Å². The van der Waals surface area contributed by atoms with Crippen LogP contribution in [0.15, 0.2) is 21.4 Å². The minimum Gasteiger partial charge on any atom is -0.306 e. The SMILES string of the molecule is CC(C(=O)c1cc2[nH]c(=O)[nH]c2cc1Br)S(C)(=O)=O. The van der Waals surface area contributed by atoms with Crippen molar-refractivity contribution >= 4 is 42.6 Å². The fourth-order valence-electron chi connectivity index (χ4n) is 1.66. The summed E-state index contributed by atoms with van der Waals surface area (Å²) >= 11 is 3.21. The number of fused-ring (bicyclic) bond motifs is 1. The van der Waals surface area contributed by atoms with E-state index in [1.54, 1.807) is 6.07 Å². The molecule has 1 unspecified atom stereocenters. The lowest BCUT2D eigenvalue weighted by atomic mass is 10.1. The lowest BCUT2D eigenvalue weighted by Crippen LogP contribution is -2.26. The summed E-state index contributed by atoms with van der Waals surface area (Å²) < 4.78 is 23.3. The molecule has 1 aromatic carbocycles. The number of carbonyl (C=O) groups excluding carboxylic acids is 1. The molecule has 0 fully saturated rings. The van der Waals surface area contributed by atoms with E-state index in [9.17, 15) is 18.0 Å².